The summed E-state index contributed by atoms with van der Waals surface area (Å²) in [5.41, 5.74) is 8.93. The summed E-state index contributed by atoms with van der Waals surface area (Å²) in [5.74, 6) is -0.0739. The van der Waals surface area contributed by atoms with Crippen molar-refractivity contribution in [1.82, 2.24) is 4.98 Å². The highest BCUT2D eigenvalue weighted by Gasteiger charge is 2.18. The van der Waals surface area contributed by atoms with Crippen molar-refractivity contribution >= 4 is 28.5 Å². The third-order valence-electron chi connectivity index (χ3n) is 3.78. The third-order valence-corrected chi connectivity index (χ3v) is 4.19. The maximum absolute atomic E-state index is 12.2. The van der Waals surface area contributed by atoms with Crippen LogP contribution in [-0.2, 0) is 11.2 Å². The van der Waals surface area contributed by atoms with Crippen LogP contribution in [0.2, 0.25) is 5.02 Å². The zero-order valence-corrected chi connectivity index (χ0v) is 13.4. The number of carbonyl (C=O) groups is 1. The number of para-hydroxylation sites is 1. The van der Waals surface area contributed by atoms with Crippen LogP contribution in [0, 0.1) is 6.92 Å². The third kappa shape index (κ3) is 3.38. The number of nitrogens with one attached hydrogen (secondary N) is 1. The number of benzene rings is 2. The van der Waals surface area contributed by atoms with E-state index in [-0.39, 0.29) is 0 Å². The standard InChI is InChI=1S/C18H17ClN2O2/c1-11-6-7-13(9-15(11)19)23-18(22)16(20)8-12-10-21-17-5-3-2-4-14(12)17/h2-7,9-10,16,21H,8,20H2,1H3/t16-/m0/s1. The second-order valence-electron chi connectivity index (χ2n) is 5.50. The highest BCUT2D eigenvalue weighted by atomic mass is 35.5. The van der Waals surface area contributed by atoms with E-state index in [0.717, 1.165) is 22.0 Å². The Morgan fingerprint density at radius 1 is 1.30 bits per heavy atom. The van der Waals surface area contributed by atoms with E-state index < -0.39 is 12.0 Å². The number of nitrogens with two attached hydrogens (primary N) is 1. The van der Waals surface area contributed by atoms with Gasteiger partial charge in [0, 0.05) is 28.5 Å². The van der Waals surface area contributed by atoms with Gasteiger partial charge >= 0.3 is 5.97 Å². The Morgan fingerprint density at radius 3 is 2.87 bits per heavy atom. The first-order chi connectivity index (χ1) is 11.0. The lowest BCUT2D eigenvalue weighted by Crippen LogP contribution is -2.36. The highest BCUT2D eigenvalue weighted by molar-refractivity contribution is 6.31. The van der Waals surface area contributed by atoms with Crippen LogP contribution in [0.4, 0.5) is 0 Å². The molecule has 23 heavy (non-hydrogen) atoms. The van der Waals surface area contributed by atoms with Crippen LogP contribution in [0.25, 0.3) is 10.9 Å². The number of halogens is 1. The molecule has 3 N–H and O–H groups in total. The molecule has 118 valence electrons. The van der Waals surface area contributed by atoms with Crippen molar-refractivity contribution in [2.75, 3.05) is 0 Å². The van der Waals surface area contributed by atoms with Crippen molar-refractivity contribution in [1.29, 1.82) is 0 Å². The number of rotatable bonds is 4. The molecule has 2 aromatic carbocycles. The zero-order valence-electron chi connectivity index (χ0n) is 12.7. The molecule has 0 aliphatic heterocycles. The normalized spacial score (nSPS) is 12.3. The molecule has 0 saturated heterocycles. The Hall–Kier alpha value is -2.30. The number of carbonyl (C=O) groups excluding carboxylic acids is 1. The van der Waals surface area contributed by atoms with Gasteiger partial charge in [-0.1, -0.05) is 35.9 Å². The first kappa shape index (κ1) is 15.6. The first-order valence-corrected chi connectivity index (χ1v) is 7.71. The molecule has 1 heterocycles. The van der Waals surface area contributed by atoms with Crippen molar-refractivity contribution in [3.8, 4) is 5.75 Å². The fourth-order valence-corrected chi connectivity index (χ4v) is 2.62. The fourth-order valence-electron chi connectivity index (χ4n) is 2.45. The van der Waals surface area contributed by atoms with Gasteiger partial charge in [0.1, 0.15) is 11.8 Å². The lowest BCUT2D eigenvalue weighted by Gasteiger charge is -2.11. The molecule has 0 bridgehead atoms. The van der Waals surface area contributed by atoms with Gasteiger partial charge in [0.15, 0.2) is 0 Å². The van der Waals surface area contributed by atoms with Crippen molar-refractivity contribution in [3.05, 3.63) is 64.8 Å². The Labute approximate surface area is 139 Å². The molecule has 0 saturated carbocycles. The summed E-state index contributed by atoms with van der Waals surface area (Å²) in [6, 6.07) is 12.3. The fraction of sp³-hybridized carbons (Fsp3) is 0.167. The molecular formula is C18H17ClN2O2. The summed E-state index contributed by atoms with van der Waals surface area (Å²) in [7, 11) is 0. The highest BCUT2D eigenvalue weighted by Crippen LogP contribution is 2.23. The van der Waals surface area contributed by atoms with Gasteiger partial charge in [0.05, 0.1) is 0 Å². The minimum absolute atomic E-state index is 0.403. The number of H-pyrrole nitrogens is 1. The number of ether oxygens (including phenoxy) is 1. The summed E-state index contributed by atoms with van der Waals surface area (Å²) < 4.78 is 5.31. The summed E-state index contributed by atoms with van der Waals surface area (Å²) in [6.45, 7) is 1.89. The van der Waals surface area contributed by atoms with Gasteiger partial charge in [-0.3, -0.25) is 0 Å². The molecule has 3 rings (SSSR count). The largest absolute Gasteiger partial charge is 0.425 e. The van der Waals surface area contributed by atoms with Crippen molar-refractivity contribution < 1.29 is 9.53 Å². The topological polar surface area (TPSA) is 68.1 Å². The monoisotopic (exact) mass is 328 g/mol. The van der Waals surface area contributed by atoms with Crippen molar-refractivity contribution in [2.45, 2.75) is 19.4 Å². The van der Waals surface area contributed by atoms with Gasteiger partial charge in [-0.05, 0) is 36.2 Å². The van der Waals surface area contributed by atoms with Crippen molar-refractivity contribution in [3.63, 3.8) is 0 Å². The second kappa shape index (κ2) is 6.44. The van der Waals surface area contributed by atoms with E-state index in [4.69, 9.17) is 22.1 Å². The molecule has 4 nitrogen and oxygen atoms in total. The zero-order chi connectivity index (χ0) is 16.4. The smallest absolute Gasteiger partial charge is 0.328 e. The minimum atomic E-state index is -0.741. The molecule has 1 aromatic heterocycles. The van der Waals surface area contributed by atoms with Crippen LogP contribution in [0.5, 0.6) is 5.75 Å². The van der Waals surface area contributed by atoms with Crippen LogP contribution in [-0.4, -0.2) is 17.0 Å². The molecule has 0 radical (unpaired) electrons. The SMILES string of the molecule is Cc1ccc(OC(=O)[C@@H](N)Cc2c[nH]c3ccccc23)cc1Cl. The first-order valence-electron chi connectivity index (χ1n) is 7.33. The van der Waals surface area contributed by atoms with Crippen LogP contribution >= 0.6 is 11.6 Å². The van der Waals surface area contributed by atoms with E-state index in [2.05, 4.69) is 4.98 Å². The maximum atomic E-state index is 12.2. The Bertz CT molecular complexity index is 857. The number of esters is 1. The second-order valence-corrected chi connectivity index (χ2v) is 5.91. The molecule has 0 fully saturated rings. The molecular weight excluding hydrogens is 312 g/mol. The predicted molar refractivity (Wildman–Crippen MR) is 91.8 cm³/mol. The van der Waals surface area contributed by atoms with Crippen LogP contribution in [0.15, 0.2) is 48.7 Å². The average molecular weight is 329 g/mol. The lowest BCUT2D eigenvalue weighted by atomic mass is 10.1. The summed E-state index contributed by atoms with van der Waals surface area (Å²) in [6.07, 6.45) is 2.28. The van der Waals surface area contributed by atoms with Gasteiger partial charge < -0.3 is 15.5 Å². The van der Waals surface area contributed by atoms with E-state index in [1.54, 1.807) is 18.2 Å². The number of fused-ring (bicyclic) bond motifs is 1. The van der Waals surface area contributed by atoms with Crippen LogP contribution in [0.3, 0.4) is 0 Å². The lowest BCUT2D eigenvalue weighted by molar-refractivity contribution is -0.135. The molecule has 5 heteroatoms. The molecule has 0 aliphatic carbocycles. The van der Waals surface area contributed by atoms with E-state index in [1.807, 2.05) is 37.4 Å². The average Bonchev–Trinajstić information content (AvgIpc) is 2.94. The van der Waals surface area contributed by atoms with Crippen molar-refractivity contribution in [2.24, 2.45) is 5.73 Å². The van der Waals surface area contributed by atoms with E-state index in [0.29, 0.717) is 17.2 Å². The van der Waals surface area contributed by atoms with Gasteiger partial charge in [0.25, 0.3) is 0 Å². The number of hydrogen-bond donors (Lipinski definition) is 2. The summed E-state index contributed by atoms with van der Waals surface area (Å²) >= 11 is 6.03. The number of hydrogen-bond acceptors (Lipinski definition) is 3. The molecule has 0 amide bonds. The number of aryl methyl sites for hydroxylation is 1. The molecule has 0 unspecified atom stereocenters. The maximum Gasteiger partial charge on any atom is 0.328 e. The van der Waals surface area contributed by atoms with E-state index in [1.165, 1.54) is 0 Å². The Morgan fingerprint density at radius 2 is 2.09 bits per heavy atom. The Kier molecular flexibility index (Phi) is 4.37. The van der Waals surface area contributed by atoms with Gasteiger partial charge in [-0.25, -0.2) is 4.79 Å². The molecule has 1 atom stereocenters. The Balaban J connectivity index is 1.71. The van der Waals surface area contributed by atoms with Crippen LogP contribution < -0.4 is 10.5 Å². The summed E-state index contributed by atoms with van der Waals surface area (Å²) in [5, 5.41) is 1.62. The quantitative estimate of drug-likeness (QED) is 0.568. The number of aromatic amines is 1. The van der Waals surface area contributed by atoms with Gasteiger partial charge in [0.2, 0.25) is 0 Å². The molecule has 0 spiro atoms. The molecule has 0 aliphatic rings. The number of aromatic nitrogens is 1. The van der Waals surface area contributed by atoms with Crippen LogP contribution in [0.1, 0.15) is 11.1 Å². The van der Waals surface area contributed by atoms with E-state index in [9.17, 15) is 4.79 Å². The molecule has 3 aromatic rings. The predicted octanol–water partition coefficient (Wildman–Crippen LogP) is 3.61. The van der Waals surface area contributed by atoms with Gasteiger partial charge in [-0.15, -0.1) is 0 Å². The van der Waals surface area contributed by atoms with Gasteiger partial charge in [-0.2, -0.15) is 0 Å². The van der Waals surface area contributed by atoms with E-state index >= 15 is 0 Å². The summed E-state index contributed by atoms with van der Waals surface area (Å²) in [4.78, 5) is 15.3. The minimum Gasteiger partial charge on any atom is -0.425 e.